The van der Waals surface area contributed by atoms with Crippen LogP contribution < -0.4 is 5.32 Å². The molecule has 0 bridgehead atoms. The van der Waals surface area contributed by atoms with Crippen molar-refractivity contribution in [2.45, 2.75) is 51.4 Å². The van der Waals surface area contributed by atoms with Crippen LogP contribution in [0.5, 0.6) is 0 Å². The van der Waals surface area contributed by atoms with E-state index in [1.807, 2.05) is 0 Å². The van der Waals surface area contributed by atoms with E-state index in [0.29, 0.717) is 0 Å². The minimum absolute atomic E-state index is 0.421. The van der Waals surface area contributed by atoms with Crippen LogP contribution >= 0.6 is 0 Å². The van der Waals surface area contributed by atoms with Gasteiger partial charge in [0.15, 0.2) is 6.10 Å². The predicted molar refractivity (Wildman–Crippen MR) is 73.3 cm³/mol. The zero-order valence-electron chi connectivity index (χ0n) is 13.1. The maximum atomic E-state index is 11.5. The van der Waals surface area contributed by atoms with Gasteiger partial charge in [-0.3, -0.25) is 14.4 Å². The lowest BCUT2D eigenvalue weighted by Crippen LogP contribution is -2.68. The summed E-state index contributed by atoms with van der Waals surface area (Å²) in [4.78, 5) is 34.1. The number of amides is 1. The molecule has 0 saturated carbocycles. The largest absolute Gasteiger partial charge is 0.457 e. The molecule has 0 aromatic carbocycles. The number of ether oxygens (including phenoxy) is 3. The molecule has 11 nitrogen and oxygen atoms in total. The molecular weight excluding hydrogens is 350 g/mol. The van der Waals surface area contributed by atoms with Gasteiger partial charge in [-0.25, -0.2) is 8.37 Å². The van der Waals surface area contributed by atoms with Gasteiger partial charge in [-0.2, -0.15) is 8.42 Å². The fraction of sp³-hybridized carbons (Fsp3) is 0.750. The fourth-order valence-corrected chi connectivity index (χ4v) is 3.31. The Bertz CT molecular complexity index is 632. The first kappa shape index (κ1) is 18.6. The van der Waals surface area contributed by atoms with Gasteiger partial charge in [0.05, 0.1) is 6.61 Å². The molecule has 0 aromatic heterocycles. The van der Waals surface area contributed by atoms with Crippen molar-refractivity contribution in [1.29, 1.82) is 0 Å². The summed E-state index contributed by atoms with van der Waals surface area (Å²) in [5.74, 6) is -1.99. The Labute approximate surface area is 137 Å². The normalized spacial score (nSPS) is 34.5. The Balaban J connectivity index is 2.36. The Hall–Kier alpha value is -1.76. The smallest absolute Gasteiger partial charge is 0.400 e. The summed E-state index contributed by atoms with van der Waals surface area (Å²) in [7, 11) is -4.31. The molecule has 0 radical (unpaired) electrons. The van der Waals surface area contributed by atoms with Crippen LogP contribution in [-0.4, -0.2) is 63.5 Å². The van der Waals surface area contributed by atoms with Gasteiger partial charge in [0, 0.05) is 20.8 Å². The third-order valence-electron chi connectivity index (χ3n) is 3.21. The Morgan fingerprint density at radius 2 is 1.71 bits per heavy atom. The lowest BCUT2D eigenvalue weighted by Gasteiger charge is -2.45. The van der Waals surface area contributed by atoms with Crippen molar-refractivity contribution in [1.82, 2.24) is 5.32 Å². The first-order chi connectivity index (χ1) is 11.1. The summed E-state index contributed by atoms with van der Waals surface area (Å²) >= 11 is 0. The van der Waals surface area contributed by atoms with Crippen LogP contribution in [0.3, 0.4) is 0 Å². The molecule has 2 aliphatic heterocycles. The Morgan fingerprint density at radius 1 is 1.08 bits per heavy atom. The Kier molecular flexibility index (Phi) is 5.42. The number of hydrogen-bond acceptors (Lipinski definition) is 10. The number of esters is 2. The number of hydrogen-bond donors (Lipinski definition) is 1. The van der Waals surface area contributed by atoms with Gasteiger partial charge in [-0.1, -0.05) is 0 Å². The standard InChI is InChI=1S/C12H17NO10S/c1-5(14)13-9-11(20-6(2)15)10-8(4-19-24(17,18)23-10)22-12(9)21-7(3)16/h8-12H,4H2,1-3H3,(H,13,14). The fourth-order valence-electron chi connectivity index (χ4n) is 2.45. The average molecular weight is 367 g/mol. The lowest BCUT2D eigenvalue weighted by atomic mass is 9.96. The van der Waals surface area contributed by atoms with E-state index in [0.717, 1.165) is 13.8 Å². The maximum Gasteiger partial charge on any atom is 0.400 e. The molecule has 1 amide bonds. The van der Waals surface area contributed by atoms with Gasteiger partial charge >= 0.3 is 22.3 Å². The molecule has 2 saturated heterocycles. The van der Waals surface area contributed by atoms with Crippen LogP contribution in [0.1, 0.15) is 20.8 Å². The second kappa shape index (κ2) is 7.01. The molecule has 5 atom stereocenters. The van der Waals surface area contributed by atoms with E-state index < -0.39 is 65.5 Å². The van der Waals surface area contributed by atoms with Crippen molar-refractivity contribution in [2.24, 2.45) is 0 Å². The summed E-state index contributed by atoms with van der Waals surface area (Å²) in [5, 5.41) is 2.42. The summed E-state index contributed by atoms with van der Waals surface area (Å²) in [6.07, 6.45) is -4.85. The second-order valence-electron chi connectivity index (χ2n) is 5.21. The van der Waals surface area contributed by atoms with E-state index >= 15 is 0 Å². The van der Waals surface area contributed by atoms with E-state index in [9.17, 15) is 22.8 Å². The highest BCUT2D eigenvalue weighted by Crippen LogP contribution is 2.31. The molecular formula is C12H17NO10S. The first-order valence-corrected chi connectivity index (χ1v) is 8.27. The molecule has 24 heavy (non-hydrogen) atoms. The topological polar surface area (TPSA) is 144 Å². The Morgan fingerprint density at radius 3 is 2.25 bits per heavy atom. The van der Waals surface area contributed by atoms with Gasteiger partial charge in [-0.15, -0.1) is 0 Å². The molecule has 12 heteroatoms. The van der Waals surface area contributed by atoms with E-state index in [-0.39, 0.29) is 0 Å². The highest BCUT2D eigenvalue weighted by molar-refractivity contribution is 7.81. The van der Waals surface area contributed by atoms with Crippen molar-refractivity contribution >= 4 is 28.2 Å². The molecule has 2 heterocycles. The molecule has 1 N–H and O–H groups in total. The summed E-state index contributed by atoms with van der Waals surface area (Å²) in [6.45, 7) is 2.99. The molecule has 136 valence electrons. The van der Waals surface area contributed by atoms with Crippen LogP contribution in [0.2, 0.25) is 0 Å². The van der Waals surface area contributed by atoms with Gasteiger partial charge in [0.25, 0.3) is 0 Å². The van der Waals surface area contributed by atoms with E-state index in [1.54, 1.807) is 0 Å². The summed E-state index contributed by atoms with van der Waals surface area (Å²) < 4.78 is 47.9. The SMILES string of the molecule is CC(=O)NC1C(OC(C)=O)OC2COS(=O)(=O)OC2C1OC(C)=O. The van der Waals surface area contributed by atoms with Crippen LogP contribution in [0.25, 0.3) is 0 Å². The first-order valence-electron chi connectivity index (χ1n) is 6.93. The van der Waals surface area contributed by atoms with Crippen molar-refractivity contribution in [2.75, 3.05) is 6.61 Å². The monoisotopic (exact) mass is 367 g/mol. The van der Waals surface area contributed by atoms with Crippen molar-refractivity contribution in [3.63, 3.8) is 0 Å². The van der Waals surface area contributed by atoms with E-state index in [2.05, 4.69) is 9.50 Å². The molecule has 5 unspecified atom stereocenters. The average Bonchev–Trinajstić information content (AvgIpc) is 2.41. The highest BCUT2D eigenvalue weighted by Gasteiger charge is 2.54. The van der Waals surface area contributed by atoms with Gasteiger partial charge in [0.1, 0.15) is 18.2 Å². The quantitative estimate of drug-likeness (QED) is 0.577. The second-order valence-corrected chi connectivity index (χ2v) is 6.45. The molecule has 2 aliphatic rings. The maximum absolute atomic E-state index is 11.5. The molecule has 0 aromatic rings. The number of nitrogens with one attached hydrogen (secondary N) is 1. The third-order valence-corrected chi connectivity index (χ3v) is 4.09. The number of rotatable bonds is 3. The third kappa shape index (κ3) is 4.41. The van der Waals surface area contributed by atoms with Crippen LogP contribution in [0.4, 0.5) is 0 Å². The van der Waals surface area contributed by atoms with Crippen LogP contribution in [0, 0.1) is 0 Å². The van der Waals surface area contributed by atoms with Crippen LogP contribution in [0.15, 0.2) is 0 Å². The van der Waals surface area contributed by atoms with Crippen molar-refractivity contribution in [3.8, 4) is 0 Å². The van der Waals surface area contributed by atoms with Crippen molar-refractivity contribution in [3.05, 3.63) is 0 Å². The molecule has 0 spiro atoms. The minimum atomic E-state index is -4.31. The van der Waals surface area contributed by atoms with Gasteiger partial charge in [-0.05, 0) is 0 Å². The molecule has 2 fully saturated rings. The summed E-state index contributed by atoms with van der Waals surface area (Å²) in [6, 6.07) is -1.16. The zero-order chi connectivity index (χ0) is 18.1. The van der Waals surface area contributed by atoms with Crippen LogP contribution in [-0.2, 0) is 47.4 Å². The lowest BCUT2D eigenvalue weighted by molar-refractivity contribution is -0.267. The number of carbonyl (C=O) groups is 3. The van der Waals surface area contributed by atoms with E-state index in [1.165, 1.54) is 6.92 Å². The summed E-state index contributed by atoms with van der Waals surface area (Å²) in [5.41, 5.74) is 0. The highest BCUT2D eigenvalue weighted by atomic mass is 32.3. The number of fused-ring (bicyclic) bond motifs is 1. The zero-order valence-corrected chi connectivity index (χ0v) is 13.9. The molecule has 2 rings (SSSR count). The molecule has 0 aliphatic carbocycles. The predicted octanol–water partition coefficient (Wildman–Crippen LogP) is -1.63. The van der Waals surface area contributed by atoms with Crippen molar-refractivity contribution < 1.29 is 45.4 Å². The van der Waals surface area contributed by atoms with Gasteiger partial charge < -0.3 is 19.5 Å². The van der Waals surface area contributed by atoms with E-state index in [4.69, 9.17) is 18.4 Å². The van der Waals surface area contributed by atoms with Gasteiger partial charge in [0.2, 0.25) is 12.2 Å². The number of carbonyl (C=O) groups excluding carboxylic acids is 3. The minimum Gasteiger partial charge on any atom is -0.457 e.